The molecule has 0 radical (unpaired) electrons. The predicted molar refractivity (Wildman–Crippen MR) is 89.8 cm³/mol. The smallest absolute Gasteiger partial charge is 0.341 e. The first kappa shape index (κ1) is 18.3. The number of methoxy groups -OCH3 is 2. The summed E-state index contributed by atoms with van der Waals surface area (Å²) in [6, 6.07) is 10.9. The van der Waals surface area contributed by atoms with E-state index in [4.69, 9.17) is 16.3 Å². The zero-order valence-electron chi connectivity index (χ0n) is 13.1. The lowest BCUT2D eigenvalue weighted by atomic mass is 10.1. The topological polar surface area (TPSA) is 81.7 Å². The lowest BCUT2D eigenvalue weighted by molar-refractivity contribution is 0.0597. The second-order valence-electron chi connectivity index (χ2n) is 4.78. The van der Waals surface area contributed by atoms with Crippen molar-refractivity contribution in [3.8, 4) is 5.75 Å². The third kappa shape index (κ3) is 4.05. The summed E-state index contributed by atoms with van der Waals surface area (Å²) in [6.45, 7) is -0.0124. The van der Waals surface area contributed by atoms with Crippen LogP contribution in [0.25, 0.3) is 0 Å². The van der Waals surface area contributed by atoms with Crippen LogP contribution in [0.2, 0.25) is 5.02 Å². The quantitative estimate of drug-likeness (QED) is 0.791. The second kappa shape index (κ2) is 7.65. The fourth-order valence-corrected chi connectivity index (χ4v) is 3.59. The number of halogens is 1. The summed E-state index contributed by atoms with van der Waals surface area (Å²) in [7, 11) is -1.08. The van der Waals surface area contributed by atoms with E-state index in [1.807, 2.05) is 0 Å². The van der Waals surface area contributed by atoms with Crippen LogP contribution in [0.4, 0.5) is 0 Å². The minimum atomic E-state index is -3.77. The largest absolute Gasteiger partial charge is 0.496 e. The Morgan fingerprint density at radius 1 is 1.17 bits per heavy atom. The van der Waals surface area contributed by atoms with Crippen LogP contribution >= 0.6 is 11.6 Å². The number of esters is 1. The molecule has 0 spiro atoms. The highest BCUT2D eigenvalue weighted by Gasteiger charge is 2.18. The Labute approximate surface area is 145 Å². The molecule has 8 heteroatoms. The first-order chi connectivity index (χ1) is 11.4. The zero-order chi connectivity index (χ0) is 17.7. The third-order valence-electron chi connectivity index (χ3n) is 3.26. The van der Waals surface area contributed by atoms with Gasteiger partial charge in [0.15, 0.2) is 0 Å². The summed E-state index contributed by atoms with van der Waals surface area (Å²) in [6.07, 6.45) is 0. The molecule has 0 atom stereocenters. The Morgan fingerprint density at radius 2 is 1.88 bits per heavy atom. The van der Waals surface area contributed by atoms with E-state index in [1.165, 1.54) is 32.4 Å². The van der Waals surface area contributed by atoms with Crippen LogP contribution in [-0.2, 0) is 21.3 Å². The first-order valence-corrected chi connectivity index (χ1v) is 8.74. The van der Waals surface area contributed by atoms with Crippen LogP contribution in [0, 0.1) is 0 Å². The molecule has 0 saturated heterocycles. The van der Waals surface area contributed by atoms with E-state index in [0.29, 0.717) is 11.3 Å². The fraction of sp³-hybridized carbons (Fsp3) is 0.188. The van der Waals surface area contributed by atoms with Gasteiger partial charge in [-0.05, 0) is 29.8 Å². The van der Waals surface area contributed by atoms with Gasteiger partial charge in [-0.15, -0.1) is 0 Å². The maximum absolute atomic E-state index is 12.3. The molecule has 2 aromatic carbocycles. The van der Waals surface area contributed by atoms with Crippen molar-refractivity contribution in [3.05, 3.63) is 58.6 Å². The molecule has 0 amide bonds. The van der Waals surface area contributed by atoms with Crippen molar-refractivity contribution in [1.29, 1.82) is 0 Å². The molecule has 0 heterocycles. The summed E-state index contributed by atoms with van der Waals surface area (Å²) in [5.74, 6) is -0.220. The highest BCUT2D eigenvalue weighted by atomic mass is 35.5. The van der Waals surface area contributed by atoms with Crippen LogP contribution in [0.3, 0.4) is 0 Å². The van der Waals surface area contributed by atoms with Crippen molar-refractivity contribution in [2.45, 2.75) is 11.4 Å². The number of carbonyl (C=O) groups is 1. The number of sulfonamides is 1. The summed E-state index contributed by atoms with van der Waals surface area (Å²) in [5, 5.41) is 0.134. The molecule has 0 aliphatic carbocycles. The zero-order valence-corrected chi connectivity index (χ0v) is 14.6. The van der Waals surface area contributed by atoms with Gasteiger partial charge in [0.25, 0.3) is 0 Å². The van der Waals surface area contributed by atoms with E-state index in [0.717, 1.165) is 0 Å². The molecule has 0 saturated carbocycles. The van der Waals surface area contributed by atoms with Crippen molar-refractivity contribution in [2.24, 2.45) is 0 Å². The molecule has 24 heavy (non-hydrogen) atoms. The molecule has 0 aliphatic rings. The van der Waals surface area contributed by atoms with Gasteiger partial charge < -0.3 is 9.47 Å². The molecule has 0 fully saturated rings. The summed E-state index contributed by atoms with van der Waals surface area (Å²) in [5.41, 5.74) is 0.793. The molecule has 2 rings (SSSR count). The summed E-state index contributed by atoms with van der Waals surface area (Å²) >= 11 is 5.92. The molecular weight excluding hydrogens is 354 g/mol. The molecular formula is C16H16ClNO5S. The van der Waals surface area contributed by atoms with Gasteiger partial charge in [0.1, 0.15) is 16.2 Å². The molecule has 0 aliphatic heterocycles. The summed E-state index contributed by atoms with van der Waals surface area (Å²) < 4.78 is 36.9. The van der Waals surface area contributed by atoms with E-state index in [-0.39, 0.29) is 22.0 Å². The van der Waals surface area contributed by atoms with Gasteiger partial charge >= 0.3 is 5.97 Å². The lowest BCUT2D eigenvalue weighted by Crippen LogP contribution is -2.23. The maximum atomic E-state index is 12.3. The van der Waals surface area contributed by atoms with Crippen LogP contribution in [-0.4, -0.2) is 28.6 Å². The van der Waals surface area contributed by atoms with E-state index in [1.54, 1.807) is 24.3 Å². The van der Waals surface area contributed by atoms with E-state index in [2.05, 4.69) is 9.46 Å². The number of hydrogen-bond acceptors (Lipinski definition) is 5. The van der Waals surface area contributed by atoms with Gasteiger partial charge in [-0.3, -0.25) is 0 Å². The van der Waals surface area contributed by atoms with Crippen LogP contribution in [0.15, 0.2) is 47.4 Å². The predicted octanol–water partition coefficient (Wildman–Crippen LogP) is 2.61. The number of hydrogen-bond donors (Lipinski definition) is 1. The number of nitrogens with one attached hydrogen (secondary N) is 1. The molecule has 0 aromatic heterocycles. The second-order valence-corrected chi connectivity index (χ2v) is 6.92. The van der Waals surface area contributed by atoms with Crippen molar-refractivity contribution in [2.75, 3.05) is 14.2 Å². The number of rotatable bonds is 6. The molecule has 0 unspecified atom stereocenters. The van der Waals surface area contributed by atoms with Gasteiger partial charge in [0.2, 0.25) is 10.0 Å². The SMILES string of the molecule is COC(=O)c1cc(CNS(=O)(=O)c2ccccc2Cl)ccc1OC. The minimum absolute atomic E-state index is 0.00614. The Bertz CT molecular complexity index is 851. The minimum Gasteiger partial charge on any atom is -0.496 e. The molecule has 128 valence electrons. The standard InChI is InChI=1S/C16H16ClNO5S/c1-22-14-8-7-11(9-12(14)16(19)23-2)10-18-24(20,21)15-6-4-3-5-13(15)17/h3-9,18H,10H2,1-2H3. The van der Waals surface area contributed by atoms with Crippen LogP contribution < -0.4 is 9.46 Å². The van der Waals surface area contributed by atoms with Gasteiger partial charge in [0, 0.05) is 6.54 Å². The number of benzene rings is 2. The highest BCUT2D eigenvalue weighted by molar-refractivity contribution is 7.89. The molecule has 1 N–H and O–H groups in total. The Morgan fingerprint density at radius 3 is 2.50 bits per heavy atom. The van der Waals surface area contributed by atoms with Crippen molar-refractivity contribution in [3.63, 3.8) is 0 Å². The maximum Gasteiger partial charge on any atom is 0.341 e. The van der Waals surface area contributed by atoms with Gasteiger partial charge in [0.05, 0.1) is 19.2 Å². The van der Waals surface area contributed by atoms with Crippen LogP contribution in [0.5, 0.6) is 5.75 Å². The lowest BCUT2D eigenvalue weighted by Gasteiger charge is -2.11. The third-order valence-corrected chi connectivity index (χ3v) is 5.16. The number of ether oxygens (including phenoxy) is 2. The monoisotopic (exact) mass is 369 g/mol. The average molecular weight is 370 g/mol. The van der Waals surface area contributed by atoms with E-state index in [9.17, 15) is 13.2 Å². The molecule has 6 nitrogen and oxygen atoms in total. The van der Waals surface area contributed by atoms with Gasteiger partial charge in [-0.25, -0.2) is 17.9 Å². The summed E-state index contributed by atoms with van der Waals surface area (Å²) in [4.78, 5) is 11.7. The van der Waals surface area contributed by atoms with Crippen molar-refractivity contribution in [1.82, 2.24) is 4.72 Å². The molecule has 0 bridgehead atoms. The fourth-order valence-electron chi connectivity index (χ4n) is 2.05. The normalized spacial score (nSPS) is 11.1. The molecule has 2 aromatic rings. The highest BCUT2D eigenvalue weighted by Crippen LogP contribution is 2.23. The van der Waals surface area contributed by atoms with Crippen molar-refractivity contribution < 1.29 is 22.7 Å². The van der Waals surface area contributed by atoms with E-state index >= 15 is 0 Å². The van der Waals surface area contributed by atoms with Crippen molar-refractivity contribution >= 4 is 27.6 Å². The number of carbonyl (C=O) groups excluding carboxylic acids is 1. The van der Waals surface area contributed by atoms with Gasteiger partial charge in [-0.2, -0.15) is 0 Å². The average Bonchev–Trinajstić information content (AvgIpc) is 2.59. The Kier molecular flexibility index (Phi) is 5.82. The first-order valence-electron chi connectivity index (χ1n) is 6.88. The van der Waals surface area contributed by atoms with Crippen LogP contribution in [0.1, 0.15) is 15.9 Å². The Hall–Kier alpha value is -2.09. The van der Waals surface area contributed by atoms with E-state index < -0.39 is 16.0 Å². The Balaban J connectivity index is 2.23. The van der Waals surface area contributed by atoms with Gasteiger partial charge in [-0.1, -0.05) is 29.8 Å².